The highest BCUT2D eigenvalue weighted by Crippen LogP contribution is 2.33. The minimum Gasteiger partial charge on any atom is -0.396 e. The zero-order valence-corrected chi connectivity index (χ0v) is 26.7. The molecule has 0 aromatic heterocycles. The number of unbranched alkanes of at least 4 members (excludes halogenated alkanes) is 22. The predicted molar refractivity (Wildman–Crippen MR) is 171 cm³/mol. The third-order valence-corrected chi connectivity index (χ3v) is 8.99. The van der Waals surface area contributed by atoms with Gasteiger partial charge in [0.15, 0.2) is 0 Å². The molecule has 0 aromatic carbocycles. The first-order valence-electron chi connectivity index (χ1n) is 18.0. The molecule has 0 heterocycles. The molecule has 0 aliphatic carbocycles. The molecule has 0 saturated heterocycles. The van der Waals surface area contributed by atoms with Crippen molar-refractivity contribution in [3.05, 3.63) is 0 Å². The maximum Gasteiger partial charge on any atom is 0.0431 e. The molecule has 230 valence electrons. The van der Waals surface area contributed by atoms with Crippen molar-refractivity contribution in [2.45, 2.75) is 206 Å². The van der Waals surface area contributed by atoms with Gasteiger partial charge in [0.2, 0.25) is 0 Å². The molecule has 0 bridgehead atoms. The van der Waals surface area contributed by atoms with E-state index in [9.17, 15) is 0 Å². The van der Waals surface area contributed by atoms with Crippen LogP contribution in [0.25, 0.3) is 0 Å². The predicted octanol–water partition coefficient (Wildman–Crippen LogP) is 11.9. The van der Waals surface area contributed by atoms with Gasteiger partial charge in [-0.3, -0.25) is 0 Å². The van der Waals surface area contributed by atoms with Crippen LogP contribution in [-0.4, -0.2) is 23.4 Å². The van der Waals surface area contributed by atoms with Crippen LogP contribution < -0.4 is 0 Å². The molecular weight excluding hydrogens is 464 g/mol. The maximum absolute atomic E-state index is 9.10. The van der Waals surface area contributed by atoms with E-state index in [-0.39, 0.29) is 0 Å². The van der Waals surface area contributed by atoms with Gasteiger partial charge >= 0.3 is 0 Å². The van der Waals surface area contributed by atoms with E-state index in [1.807, 2.05) is 0 Å². The summed E-state index contributed by atoms with van der Waals surface area (Å²) in [5.41, 5.74) is 0. The molecule has 0 spiro atoms. The van der Waals surface area contributed by atoms with E-state index in [0.717, 1.165) is 24.7 Å². The van der Waals surface area contributed by atoms with Gasteiger partial charge in [-0.2, -0.15) is 0 Å². The van der Waals surface area contributed by atoms with Crippen LogP contribution in [0.3, 0.4) is 0 Å². The van der Waals surface area contributed by atoms with E-state index in [4.69, 9.17) is 10.2 Å². The molecule has 2 unspecified atom stereocenters. The summed E-state index contributed by atoms with van der Waals surface area (Å²) in [6.07, 6.45) is 41.3. The Morgan fingerprint density at radius 2 is 0.500 bits per heavy atom. The monoisotopic (exact) mass is 539 g/mol. The fourth-order valence-corrected chi connectivity index (χ4v) is 6.41. The number of hydrogen-bond acceptors (Lipinski definition) is 2. The molecule has 0 fully saturated rings. The first kappa shape index (κ1) is 37.9. The summed E-state index contributed by atoms with van der Waals surface area (Å²) >= 11 is 0. The third kappa shape index (κ3) is 27.5. The Balaban J connectivity index is 4.68. The summed E-state index contributed by atoms with van der Waals surface area (Å²) in [7, 11) is 0. The molecule has 0 aliphatic rings. The van der Waals surface area contributed by atoms with Crippen LogP contribution in [0.2, 0.25) is 0 Å². The molecule has 0 amide bonds. The molecule has 0 rings (SSSR count). The quantitative estimate of drug-likeness (QED) is 0.0815. The Labute approximate surface area is 241 Å². The van der Waals surface area contributed by atoms with Crippen molar-refractivity contribution < 1.29 is 10.2 Å². The van der Waals surface area contributed by atoms with Gasteiger partial charge in [0, 0.05) is 13.2 Å². The molecule has 2 N–H and O–H groups in total. The first-order chi connectivity index (χ1) is 18.8. The third-order valence-electron chi connectivity index (χ3n) is 8.99. The Bertz CT molecular complexity index is 372. The van der Waals surface area contributed by atoms with Crippen LogP contribution in [0.1, 0.15) is 206 Å². The summed E-state index contributed by atoms with van der Waals surface area (Å²) in [4.78, 5) is 0. The Kier molecular flexibility index (Phi) is 33.1. The number of aliphatic hydroxyl groups is 2. The van der Waals surface area contributed by atoms with Gasteiger partial charge < -0.3 is 10.2 Å². The molecule has 2 nitrogen and oxygen atoms in total. The van der Waals surface area contributed by atoms with E-state index >= 15 is 0 Å². The van der Waals surface area contributed by atoms with Crippen molar-refractivity contribution in [3.63, 3.8) is 0 Å². The summed E-state index contributed by atoms with van der Waals surface area (Å²) in [6, 6.07) is 0. The van der Waals surface area contributed by atoms with Crippen LogP contribution in [0, 0.1) is 11.8 Å². The van der Waals surface area contributed by atoms with E-state index in [2.05, 4.69) is 13.8 Å². The van der Waals surface area contributed by atoms with E-state index in [1.54, 1.807) is 0 Å². The van der Waals surface area contributed by atoms with Gasteiger partial charge in [-0.1, -0.05) is 194 Å². The minimum absolute atomic E-state index is 0.363. The van der Waals surface area contributed by atoms with Crippen LogP contribution >= 0.6 is 0 Å². The lowest BCUT2D eigenvalue weighted by atomic mass is 9.78. The molecular formula is C36H74O2. The lowest BCUT2D eigenvalue weighted by Crippen LogP contribution is -2.16. The van der Waals surface area contributed by atoms with E-state index in [1.165, 1.54) is 180 Å². The summed E-state index contributed by atoms with van der Waals surface area (Å²) in [5, 5.41) is 18.1. The van der Waals surface area contributed by atoms with Gasteiger partial charge in [0.25, 0.3) is 0 Å². The topological polar surface area (TPSA) is 40.5 Å². The highest BCUT2D eigenvalue weighted by atomic mass is 16.3. The van der Waals surface area contributed by atoms with Gasteiger partial charge in [-0.25, -0.2) is 0 Å². The smallest absolute Gasteiger partial charge is 0.0431 e. The van der Waals surface area contributed by atoms with Crippen molar-refractivity contribution in [2.75, 3.05) is 13.2 Å². The van der Waals surface area contributed by atoms with Crippen molar-refractivity contribution >= 4 is 0 Å². The summed E-state index contributed by atoms with van der Waals surface area (Å²) in [5.74, 6) is 1.91. The second-order valence-electron chi connectivity index (χ2n) is 12.6. The van der Waals surface area contributed by atoms with Gasteiger partial charge in [-0.15, -0.1) is 0 Å². The number of aliphatic hydroxyl groups excluding tert-OH is 2. The van der Waals surface area contributed by atoms with Crippen molar-refractivity contribution in [2.24, 2.45) is 11.8 Å². The zero-order valence-electron chi connectivity index (χ0n) is 26.7. The first-order valence-corrected chi connectivity index (χ1v) is 18.0. The molecule has 0 aromatic rings. The molecule has 0 saturated carbocycles. The summed E-state index contributed by atoms with van der Waals surface area (Å²) < 4.78 is 0. The lowest BCUT2D eigenvalue weighted by Gasteiger charge is -2.28. The molecule has 2 atom stereocenters. The average molecular weight is 539 g/mol. The van der Waals surface area contributed by atoms with Crippen LogP contribution in [0.15, 0.2) is 0 Å². The van der Waals surface area contributed by atoms with Crippen molar-refractivity contribution in [3.8, 4) is 0 Å². The number of rotatable bonds is 33. The Morgan fingerprint density at radius 1 is 0.289 bits per heavy atom. The van der Waals surface area contributed by atoms with Crippen LogP contribution in [-0.2, 0) is 0 Å². The summed E-state index contributed by atoms with van der Waals surface area (Å²) in [6.45, 7) is 5.36. The molecule has 0 radical (unpaired) electrons. The zero-order chi connectivity index (χ0) is 27.8. The second-order valence-corrected chi connectivity index (χ2v) is 12.6. The average Bonchev–Trinajstić information content (AvgIpc) is 2.93. The van der Waals surface area contributed by atoms with Crippen molar-refractivity contribution in [1.29, 1.82) is 0 Å². The molecule has 2 heteroatoms. The van der Waals surface area contributed by atoms with Crippen molar-refractivity contribution in [1.82, 2.24) is 0 Å². The SMILES string of the molecule is CCCCCCCCCCC(CCCCCCCO)C(CCCCCCCC)CCCCCCCCCO. The van der Waals surface area contributed by atoms with Crippen LogP contribution in [0.4, 0.5) is 0 Å². The normalized spacial score (nSPS) is 13.3. The van der Waals surface area contributed by atoms with Gasteiger partial charge in [-0.05, 0) is 24.7 Å². The maximum atomic E-state index is 9.10. The number of hydrogen-bond donors (Lipinski definition) is 2. The molecule has 0 aliphatic heterocycles. The standard InChI is InChI=1S/C36H74O2/c1-3-5-7-9-11-13-18-24-30-36(32-26-20-16-22-28-34-38)35(29-23-17-10-8-6-4-2)31-25-19-14-12-15-21-27-33-37/h35-38H,3-34H2,1-2H3. The highest BCUT2D eigenvalue weighted by molar-refractivity contribution is 4.72. The minimum atomic E-state index is 0.363. The Hall–Kier alpha value is -0.0800. The Morgan fingerprint density at radius 3 is 0.737 bits per heavy atom. The van der Waals surface area contributed by atoms with Crippen LogP contribution in [0.5, 0.6) is 0 Å². The molecule has 38 heavy (non-hydrogen) atoms. The second kappa shape index (κ2) is 33.1. The lowest BCUT2D eigenvalue weighted by molar-refractivity contribution is 0.235. The largest absolute Gasteiger partial charge is 0.396 e. The van der Waals surface area contributed by atoms with E-state index in [0.29, 0.717) is 13.2 Å². The van der Waals surface area contributed by atoms with Gasteiger partial charge in [0.05, 0.1) is 0 Å². The fourth-order valence-electron chi connectivity index (χ4n) is 6.41. The highest BCUT2D eigenvalue weighted by Gasteiger charge is 2.20. The van der Waals surface area contributed by atoms with E-state index < -0.39 is 0 Å². The fraction of sp³-hybridized carbons (Fsp3) is 1.00. The van der Waals surface area contributed by atoms with Gasteiger partial charge in [0.1, 0.15) is 0 Å².